The van der Waals surface area contributed by atoms with E-state index in [1.807, 2.05) is 50.2 Å². The number of benzene rings is 2. The molecule has 0 unspecified atom stereocenters. The first-order valence-electron chi connectivity index (χ1n) is 6.63. The zero-order valence-corrected chi connectivity index (χ0v) is 12.6. The Morgan fingerprint density at radius 1 is 1.00 bits per heavy atom. The van der Waals surface area contributed by atoms with Crippen molar-refractivity contribution in [3.63, 3.8) is 0 Å². The zero-order valence-electron chi connectivity index (χ0n) is 11.9. The smallest absolute Gasteiger partial charge is 0.135 e. The van der Waals surface area contributed by atoms with Crippen molar-refractivity contribution in [2.45, 2.75) is 13.8 Å². The molecule has 3 aromatic rings. The molecule has 0 aliphatic carbocycles. The number of halogens is 1. The van der Waals surface area contributed by atoms with Crippen LogP contribution in [0.3, 0.4) is 0 Å². The second kappa shape index (κ2) is 5.26. The minimum atomic E-state index is 0.646. The number of nitrogen functional groups attached to an aromatic ring is 1. The predicted octanol–water partition coefficient (Wildman–Crippen LogP) is 4.88. The number of pyridine rings is 1. The summed E-state index contributed by atoms with van der Waals surface area (Å²) in [6, 6.07) is 11.3. The summed E-state index contributed by atoms with van der Waals surface area (Å²) in [4.78, 5) is 4.29. The summed E-state index contributed by atoms with van der Waals surface area (Å²) in [6.45, 7) is 3.93. The molecule has 0 radical (unpaired) electrons. The lowest BCUT2D eigenvalue weighted by Crippen LogP contribution is -1.93. The average molecular weight is 299 g/mol. The summed E-state index contributed by atoms with van der Waals surface area (Å²) >= 11 is 6.04. The van der Waals surface area contributed by atoms with Crippen molar-refractivity contribution in [1.82, 2.24) is 4.98 Å². The standard InChI is InChI=1S/C17H15ClN2O/c1-10-3-4-12(18)8-17(10)21-16-6-5-15(19)14-9-20-11(2)7-13(14)16/h3-9H,19H2,1-2H3. The van der Waals surface area contributed by atoms with Gasteiger partial charge in [-0.25, -0.2) is 0 Å². The molecule has 0 aliphatic rings. The van der Waals surface area contributed by atoms with Gasteiger partial charge in [-0.3, -0.25) is 4.98 Å². The van der Waals surface area contributed by atoms with E-state index in [0.29, 0.717) is 10.7 Å². The van der Waals surface area contributed by atoms with Gasteiger partial charge < -0.3 is 10.5 Å². The van der Waals surface area contributed by atoms with Crippen LogP contribution >= 0.6 is 11.6 Å². The Hall–Kier alpha value is -2.26. The van der Waals surface area contributed by atoms with E-state index >= 15 is 0 Å². The van der Waals surface area contributed by atoms with Gasteiger partial charge in [0.05, 0.1) is 0 Å². The van der Waals surface area contributed by atoms with E-state index in [1.165, 1.54) is 0 Å². The average Bonchev–Trinajstić information content (AvgIpc) is 2.46. The topological polar surface area (TPSA) is 48.1 Å². The molecule has 2 aromatic carbocycles. The Morgan fingerprint density at radius 2 is 1.81 bits per heavy atom. The molecule has 21 heavy (non-hydrogen) atoms. The Bertz CT molecular complexity index is 830. The summed E-state index contributed by atoms with van der Waals surface area (Å²) in [5.74, 6) is 1.48. The minimum Gasteiger partial charge on any atom is -0.456 e. The van der Waals surface area contributed by atoms with Gasteiger partial charge in [0.15, 0.2) is 0 Å². The Kier molecular flexibility index (Phi) is 3.43. The van der Waals surface area contributed by atoms with E-state index in [4.69, 9.17) is 22.1 Å². The molecule has 0 atom stereocenters. The first kappa shape index (κ1) is 13.7. The highest BCUT2D eigenvalue weighted by Crippen LogP contribution is 2.35. The van der Waals surface area contributed by atoms with Crippen molar-refractivity contribution < 1.29 is 4.74 Å². The molecule has 1 heterocycles. The number of aromatic nitrogens is 1. The first-order valence-corrected chi connectivity index (χ1v) is 7.01. The zero-order chi connectivity index (χ0) is 15.0. The van der Waals surface area contributed by atoms with Crippen LogP contribution in [0.25, 0.3) is 10.8 Å². The molecule has 4 heteroatoms. The molecule has 0 spiro atoms. The second-order valence-electron chi connectivity index (χ2n) is 5.04. The number of aryl methyl sites for hydroxylation is 2. The van der Waals surface area contributed by atoms with E-state index in [-0.39, 0.29) is 0 Å². The van der Waals surface area contributed by atoms with Crippen LogP contribution in [0.5, 0.6) is 11.5 Å². The molecule has 0 amide bonds. The van der Waals surface area contributed by atoms with E-state index in [2.05, 4.69) is 4.98 Å². The first-order chi connectivity index (χ1) is 10.0. The van der Waals surface area contributed by atoms with Gasteiger partial charge in [-0.1, -0.05) is 17.7 Å². The summed E-state index contributed by atoms with van der Waals surface area (Å²) < 4.78 is 6.05. The van der Waals surface area contributed by atoms with Gasteiger partial charge in [0.1, 0.15) is 11.5 Å². The van der Waals surface area contributed by atoms with E-state index < -0.39 is 0 Å². The SMILES string of the molecule is Cc1cc2c(Oc3cc(Cl)ccc3C)ccc(N)c2cn1. The van der Waals surface area contributed by atoms with Crippen LogP contribution in [-0.2, 0) is 0 Å². The van der Waals surface area contributed by atoms with Crippen molar-refractivity contribution in [2.75, 3.05) is 5.73 Å². The largest absolute Gasteiger partial charge is 0.456 e. The predicted molar refractivity (Wildman–Crippen MR) is 87.2 cm³/mol. The maximum Gasteiger partial charge on any atom is 0.135 e. The van der Waals surface area contributed by atoms with Crippen LogP contribution in [0, 0.1) is 13.8 Å². The van der Waals surface area contributed by atoms with Crippen LogP contribution in [0.2, 0.25) is 5.02 Å². The second-order valence-corrected chi connectivity index (χ2v) is 5.47. The van der Waals surface area contributed by atoms with Crippen LogP contribution in [0.4, 0.5) is 5.69 Å². The molecule has 0 fully saturated rings. The highest BCUT2D eigenvalue weighted by Gasteiger charge is 2.09. The molecule has 3 nitrogen and oxygen atoms in total. The molecular formula is C17H15ClN2O. The molecule has 1 aromatic heterocycles. The lowest BCUT2D eigenvalue weighted by atomic mass is 10.1. The lowest BCUT2D eigenvalue weighted by Gasteiger charge is -2.13. The summed E-state index contributed by atoms with van der Waals surface area (Å²) in [7, 11) is 0. The van der Waals surface area contributed by atoms with Crippen molar-refractivity contribution in [3.8, 4) is 11.5 Å². The number of ether oxygens (including phenoxy) is 1. The van der Waals surface area contributed by atoms with Crippen LogP contribution in [-0.4, -0.2) is 4.98 Å². The highest BCUT2D eigenvalue weighted by molar-refractivity contribution is 6.30. The van der Waals surface area contributed by atoms with E-state index in [1.54, 1.807) is 6.20 Å². The van der Waals surface area contributed by atoms with Crippen LogP contribution in [0.15, 0.2) is 42.6 Å². The number of rotatable bonds is 2. The fraction of sp³-hybridized carbons (Fsp3) is 0.118. The molecule has 0 saturated carbocycles. The molecule has 0 aliphatic heterocycles. The van der Waals surface area contributed by atoms with Gasteiger partial charge >= 0.3 is 0 Å². The van der Waals surface area contributed by atoms with Crippen molar-refractivity contribution >= 4 is 28.1 Å². The molecule has 106 valence electrons. The monoisotopic (exact) mass is 298 g/mol. The number of nitrogens with zero attached hydrogens (tertiary/aromatic N) is 1. The fourth-order valence-electron chi connectivity index (χ4n) is 2.23. The summed E-state index contributed by atoms with van der Waals surface area (Å²) in [5.41, 5.74) is 8.63. The number of anilines is 1. The van der Waals surface area contributed by atoms with Gasteiger partial charge in [-0.05, 0) is 49.7 Å². The molecule has 3 rings (SSSR count). The highest BCUT2D eigenvalue weighted by atomic mass is 35.5. The van der Waals surface area contributed by atoms with Crippen molar-refractivity contribution in [2.24, 2.45) is 0 Å². The Labute approximate surface area is 128 Å². The maximum absolute atomic E-state index is 6.05. The summed E-state index contributed by atoms with van der Waals surface area (Å²) in [5, 5.41) is 2.48. The Morgan fingerprint density at radius 3 is 2.62 bits per heavy atom. The number of fused-ring (bicyclic) bond motifs is 1. The van der Waals surface area contributed by atoms with Gasteiger partial charge in [-0.2, -0.15) is 0 Å². The Balaban J connectivity index is 2.14. The van der Waals surface area contributed by atoms with E-state index in [0.717, 1.165) is 33.5 Å². The fourth-order valence-corrected chi connectivity index (χ4v) is 2.39. The van der Waals surface area contributed by atoms with Gasteiger partial charge in [0.25, 0.3) is 0 Å². The number of nitrogens with two attached hydrogens (primary N) is 1. The lowest BCUT2D eigenvalue weighted by molar-refractivity contribution is 0.484. The van der Waals surface area contributed by atoms with E-state index in [9.17, 15) is 0 Å². The van der Waals surface area contributed by atoms with Crippen LogP contribution < -0.4 is 10.5 Å². The third kappa shape index (κ3) is 2.65. The third-order valence-corrected chi connectivity index (χ3v) is 3.64. The van der Waals surface area contributed by atoms with Crippen molar-refractivity contribution in [3.05, 3.63) is 58.9 Å². The van der Waals surface area contributed by atoms with Crippen LogP contribution in [0.1, 0.15) is 11.3 Å². The quantitative estimate of drug-likeness (QED) is 0.686. The maximum atomic E-state index is 6.05. The minimum absolute atomic E-state index is 0.646. The molecule has 0 saturated heterocycles. The number of hydrogen-bond donors (Lipinski definition) is 1. The third-order valence-electron chi connectivity index (χ3n) is 3.40. The van der Waals surface area contributed by atoms with Gasteiger partial charge in [-0.15, -0.1) is 0 Å². The molecule has 2 N–H and O–H groups in total. The van der Waals surface area contributed by atoms with Gasteiger partial charge in [0.2, 0.25) is 0 Å². The van der Waals surface area contributed by atoms with Crippen molar-refractivity contribution in [1.29, 1.82) is 0 Å². The summed E-state index contributed by atoms with van der Waals surface area (Å²) in [6.07, 6.45) is 1.78. The molecular weight excluding hydrogens is 284 g/mol. The molecule has 0 bridgehead atoms. The normalized spacial score (nSPS) is 10.8. The van der Waals surface area contributed by atoms with Gasteiger partial charge in [0, 0.05) is 33.4 Å². The number of hydrogen-bond acceptors (Lipinski definition) is 3.